The fourth-order valence-corrected chi connectivity index (χ4v) is 2.15. The summed E-state index contributed by atoms with van der Waals surface area (Å²) in [6.45, 7) is 3.97. The maximum Gasteiger partial charge on any atom is 0.201 e. The van der Waals surface area contributed by atoms with Crippen LogP contribution in [0.3, 0.4) is 0 Å². The molecule has 0 aliphatic rings. The van der Waals surface area contributed by atoms with E-state index in [0.717, 1.165) is 11.3 Å². The molecule has 1 N–H and O–H groups in total. The summed E-state index contributed by atoms with van der Waals surface area (Å²) in [4.78, 5) is 12.4. The number of hydrogen-bond acceptors (Lipinski definition) is 4. The van der Waals surface area contributed by atoms with Crippen molar-refractivity contribution in [1.82, 2.24) is 0 Å². The van der Waals surface area contributed by atoms with E-state index in [9.17, 15) is 4.79 Å². The van der Waals surface area contributed by atoms with Gasteiger partial charge in [-0.15, -0.1) is 0 Å². The average molecular weight is 292 g/mol. The van der Waals surface area contributed by atoms with Gasteiger partial charge in [-0.1, -0.05) is 29.3 Å². The van der Waals surface area contributed by atoms with Gasteiger partial charge in [-0.05, 0) is 38.1 Å². The number of aryl methyl sites for hydroxylation is 2. The molecule has 0 bridgehead atoms. The third kappa shape index (κ3) is 2.91. The Labute approximate surface area is 128 Å². The molecule has 1 heterocycles. The molecule has 22 heavy (non-hydrogen) atoms. The fraction of sp³-hybridized carbons (Fsp3) is 0.111. The number of hydrogen-bond donors (Lipinski definition) is 1. The summed E-state index contributed by atoms with van der Waals surface area (Å²) in [6, 6.07) is 13.4. The van der Waals surface area contributed by atoms with Gasteiger partial charge in [0.05, 0.1) is 22.9 Å². The van der Waals surface area contributed by atoms with Crippen LogP contribution in [0.2, 0.25) is 0 Å². The number of fused-ring (bicyclic) bond motifs is 1. The van der Waals surface area contributed by atoms with E-state index in [4.69, 9.17) is 4.42 Å². The highest BCUT2D eigenvalue weighted by molar-refractivity contribution is 5.86. The predicted molar refractivity (Wildman–Crippen MR) is 89.6 cm³/mol. The Bertz CT molecular complexity index is 893. The maximum atomic E-state index is 12.4. The Kier molecular flexibility index (Phi) is 3.74. The first-order valence-electron chi connectivity index (χ1n) is 7.01. The highest BCUT2D eigenvalue weighted by Crippen LogP contribution is 2.13. The highest BCUT2D eigenvalue weighted by Gasteiger charge is 2.05. The molecule has 0 radical (unpaired) electrons. The van der Waals surface area contributed by atoms with E-state index in [-0.39, 0.29) is 5.43 Å². The Morgan fingerprint density at radius 2 is 1.77 bits per heavy atom. The molecule has 3 rings (SSSR count). The van der Waals surface area contributed by atoms with Crippen molar-refractivity contribution in [3.05, 3.63) is 75.6 Å². The first-order chi connectivity index (χ1) is 10.6. The zero-order valence-corrected chi connectivity index (χ0v) is 12.5. The second-order valence-electron chi connectivity index (χ2n) is 5.26. The first kappa shape index (κ1) is 14.1. The molecule has 4 heteroatoms. The minimum atomic E-state index is -0.0839. The van der Waals surface area contributed by atoms with Crippen molar-refractivity contribution < 1.29 is 4.42 Å². The van der Waals surface area contributed by atoms with Crippen LogP contribution in [0.25, 0.3) is 11.0 Å². The van der Waals surface area contributed by atoms with Crippen LogP contribution in [0, 0.1) is 13.8 Å². The van der Waals surface area contributed by atoms with E-state index < -0.39 is 0 Å². The van der Waals surface area contributed by atoms with Gasteiger partial charge in [0.25, 0.3) is 0 Å². The molecule has 0 amide bonds. The third-order valence-electron chi connectivity index (χ3n) is 3.40. The van der Waals surface area contributed by atoms with E-state index in [1.807, 2.05) is 50.2 Å². The number of anilines is 1. The quantitative estimate of drug-likeness (QED) is 0.589. The van der Waals surface area contributed by atoms with Crippen molar-refractivity contribution in [1.29, 1.82) is 0 Å². The molecule has 110 valence electrons. The van der Waals surface area contributed by atoms with Crippen molar-refractivity contribution in [2.75, 3.05) is 5.43 Å². The van der Waals surface area contributed by atoms with E-state index in [2.05, 4.69) is 10.5 Å². The molecular weight excluding hydrogens is 276 g/mol. The van der Waals surface area contributed by atoms with E-state index >= 15 is 0 Å². The van der Waals surface area contributed by atoms with Gasteiger partial charge < -0.3 is 4.42 Å². The molecule has 1 aromatic heterocycles. The normalized spacial score (nSPS) is 11.2. The van der Waals surface area contributed by atoms with Gasteiger partial charge in [-0.3, -0.25) is 10.2 Å². The first-order valence-corrected chi connectivity index (χ1v) is 7.01. The van der Waals surface area contributed by atoms with Crippen molar-refractivity contribution in [2.45, 2.75) is 13.8 Å². The standard InChI is InChI=1S/C18H16N2O2/c1-12-3-6-15(7-4-12)20-19-10-14-11-22-17-8-5-13(2)9-16(17)18(14)21/h3-11,20H,1-2H3/b19-10+. The Balaban J connectivity index is 1.87. The van der Waals surface area contributed by atoms with Crippen LogP contribution in [0.4, 0.5) is 5.69 Å². The largest absolute Gasteiger partial charge is 0.463 e. The minimum Gasteiger partial charge on any atom is -0.463 e. The zero-order chi connectivity index (χ0) is 15.5. The summed E-state index contributed by atoms with van der Waals surface area (Å²) < 4.78 is 5.48. The summed E-state index contributed by atoms with van der Waals surface area (Å²) in [5.74, 6) is 0. The van der Waals surface area contributed by atoms with Gasteiger partial charge in [0.1, 0.15) is 11.8 Å². The lowest BCUT2D eigenvalue weighted by atomic mass is 10.1. The Morgan fingerprint density at radius 3 is 2.55 bits per heavy atom. The van der Waals surface area contributed by atoms with E-state index in [1.54, 1.807) is 6.07 Å². The summed E-state index contributed by atoms with van der Waals surface area (Å²) in [6.07, 6.45) is 2.91. The molecule has 0 saturated heterocycles. The van der Waals surface area contributed by atoms with Crippen molar-refractivity contribution in [3.8, 4) is 0 Å². The van der Waals surface area contributed by atoms with Gasteiger partial charge in [-0.25, -0.2) is 0 Å². The molecule has 0 aliphatic heterocycles. The molecule has 2 aromatic carbocycles. The molecule has 0 fully saturated rings. The number of nitrogens with zero attached hydrogens (tertiary/aromatic N) is 1. The van der Waals surface area contributed by atoms with Crippen LogP contribution >= 0.6 is 0 Å². The molecule has 0 aliphatic carbocycles. The lowest BCUT2D eigenvalue weighted by molar-refractivity contribution is 0.601. The number of rotatable bonds is 3. The highest BCUT2D eigenvalue weighted by atomic mass is 16.3. The molecule has 0 atom stereocenters. The van der Waals surface area contributed by atoms with Crippen molar-refractivity contribution in [2.24, 2.45) is 5.10 Å². The molecule has 3 aromatic rings. The van der Waals surface area contributed by atoms with Gasteiger partial charge in [-0.2, -0.15) is 5.10 Å². The average Bonchev–Trinajstić information content (AvgIpc) is 2.52. The monoisotopic (exact) mass is 292 g/mol. The van der Waals surface area contributed by atoms with Crippen LogP contribution in [0.5, 0.6) is 0 Å². The fourth-order valence-electron chi connectivity index (χ4n) is 2.15. The predicted octanol–water partition coefficient (Wildman–Crippen LogP) is 3.86. The maximum absolute atomic E-state index is 12.4. The van der Waals surface area contributed by atoms with E-state index in [1.165, 1.54) is 18.0 Å². The lowest BCUT2D eigenvalue weighted by Crippen LogP contribution is -2.08. The topological polar surface area (TPSA) is 54.6 Å². The number of hydrazone groups is 1. The van der Waals surface area contributed by atoms with Crippen LogP contribution < -0.4 is 10.9 Å². The van der Waals surface area contributed by atoms with Crippen molar-refractivity contribution in [3.63, 3.8) is 0 Å². The summed E-state index contributed by atoms with van der Waals surface area (Å²) in [5.41, 5.74) is 6.87. The molecule has 0 unspecified atom stereocenters. The number of nitrogens with one attached hydrogen (secondary N) is 1. The Morgan fingerprint density at radius 1 is 1.05 bits per heavy atom. The van der Waals surface area contributed by atoms with E-state index in [0.29, 0.717) is 16.5 Å². The van der Waals surface area contributed by atoms with Crippen LogP contribution in [-0.2, 0) is 0 Å². The van der Waals surface area contributed by atoms with Gasteiger partial charge >= 0.3 is 0 Å². The second kappa shape index (κ2) is 5.85. The van der Waals surface area contributed by atoms with Crippen LogP contribution in [-0.4, -0.2) is 6.21 Å². The lowest BCUT2D eigenvalue weighted by Gasteiger charge is -2.01. The zero-order valence-electron chi connectivity index (χ0n) is 12.5. The van der Waals surface area contributed by atoms with Crippen LogP contribution in [0.15, 0.2) is 63.0 Å². The van der Waals surface area contributed by atoms with Gasteiger partial charge in [0, 0.05) is 0 Å². The molecular formula is C18H16N2O2. The Hall–Kier alpha value is -2.88. The smallest absolute Gasteiger partial charge is 0.201 e. The molecule has 0 spiro atoms. The summed E-state index contributed by atoms with van der Waals surface area (Å²) in [5, 5.41) is 4.67. The summed E-state index contributed by atoms with van der Waals surface area (Å²) >= 11 is 0. The minimum absolute atomic E-state index is 0.0839. The second-order valence-corrected chi connectivity index (χ2v) is 5.26. The molecule has 0 saturated carbocycles. The molecule has 4 nitrogen and oxygen atoms in total. The van der Waals surface area contributed by atoms with Crippen molar-refractivity contribution >= 4 is 22.9 Å². The number of benzene rings is 2. The third-order valence-corrected chi connectivity index (χ3v) is 3.40. The summed E-state index contributed by atoms with van der Waals surface area (Å²) in [7, 11) is 0. The SMILES string of the molecule is Cc1ccc(N/N=C/c2coc3ccc(C)cc3c2=O)cc1. The van der Waals surface area contributed by atoms with Gasteiger partial charge in [0.2, 0.25) is 5.43 Å². The van der Waals surface area contributed by atoms with Gasteiger partial charge in [0.15, 0.2) is 0 Å². The van der Waals surface area contributed by atoms with Crippen LogP contribution in [0.1, 0.15) is 16.7 Å².